The van der Waals surface area contributed by atoms with Gasteiger partial charge in [-0.1, -0.05) is 18.7 Å². The lowest BCUT2D eigenvalue weighted by atomic mass is 10.2. The molecular weight excluding hydrogens is 277 g/mol. The Balaban J connectivity index is 2.02. The number of aryl methyl sites for hydroxylation is 1. The summed E-state index contributed by atoms with van der Waals surface area (Å²) in [6.07, 6.45) is 4.23. The van der Waals surface area contributed by atoms with E-state index < -0.39 is 0 Å². The maximum absolute atomic E-state index is 12.8. The molecule has 0 saturated carbocycles. The summed E-state index contributed by atoms with van der Waals surface area (Å²) in [6.45, 7) is 1.95. The summed E-state index contributed by atoms with van der Waals surface area (Å²) >= 11 is 1.42. The normalized spacial score (nSPS) is 12.2. The van der Waals surface area contributed by atoms with E-state index in [2.05, 4.69) is 10.3 Å². The molecule has 4 nitrogen and oxygen atoms in total. The van der Waals surface area contributed by atoms with E-state index in [1.54, 1.807) is 18.3 Å². The minimum Gasteiger partial charge on any atom is -0.329 e. The van der Waals surface area contributed by atoms with Crippen LogP contribution in [0.25, 0.3) is 0 Å². The Morgan fingerprint density at radius 3 is 2.70 bits per heavy atom. The fraction of sp³-hybridized carbons (Fsp3) is 0.286. The smallest absolute Gasteiger partial charge is 0.237 e. The first-order valence-electron chi connectivity index (χ1n) is 6.30. The van der Waals surface area contributed by atoms with Crippen LogP contribution < -0.4 is 5.32 Å². The van der Waals surface area contributed by atoms with Crippen molar-refractivity contribution in [1.82, 2.24) is 9.55 Å². The van der Waals surface area contributed by atoms with Crippen LogP contribution in [0.5, 0.6) is 0 Å². The Labute approximate surface area is 121 Å². The van der Waals surface area contributed by atoms with Crippen molar-refractivity contribution in [2.45, 2.75) is 23.8 Å². The van der Waals surface area contributed by atoms with Crippen LogP contribution in [0.15, 0.2) is 41.8 Å². The zero-order chi connectivity index (χ0) is 14.5. The van der Waals surface area contributed by atoms with Crippen molar-refractivity contribution in [3.63, 3.8) is 0 Å². The summed E-state index contributed by atoms with van der Waals surface area (Å²) in [4.78, 5) is 16.4. The van der Waals surface area contributed by atoms with Crippen LogP contribution in [0.1, 0.15) is 13.3 Å². The highest BCUT2D eigenvalue weighted by Gasteiger charge is 2.19. The second-order valence-electron chi connectivity index (χ2n) is 4.33. The summed E-state index contributed by atoms with van der Waals surface area (Å²) in [6, 6.07) is 5.74. The fourth-order valence-electron chi connectivity index (χ4n) is 1.67. The number of carbonyl (C=O) groups excluding carboxylic acids is 1. The Hall–Kier alpha value is -1.82. The van der Waals surface area contributed by atoms with Crippen LogP contribution in [0, 0.1) is 5.82 Å². The zero-order valence-electron chi connectivity index (χ0n) is 11.3. The molecule has 1 atom stereocenters. The second-order valence-corrected chi connectivity index (χ2v) is 5.50. The molecule has 2 aromatic rings. The molecular formula is C14H16FN3OS. The van der Waals surface area contributed by atoms with Gasteiger partial charge in [-0.15, -0.1) is 0 Å². The lowest BCUT2D eigenvalue weighted by Crippen LogP contribution is -2.24. The number of hydrogen-bond donors (Lipinski definition) is 1. The number of carbonyl (C=O) groups is 1. The third kappa shape index (κ3) is 3.60. The molecule has 0 bridgehead atoms. The molecule has 1 amide bonds. The zero-order valence-corrected chi connectivity index (χ0v) is 12.2. The van der Waals surface area contributed by atoms with Crippen molar-refractivity contribution in [1.29, 1.82) is 0 Å². The van der Waals surface area contributed by atoms with Crippen molar-refractivity contribution < 1.29 is 9.18 Å². The molecule has 1 aromatic carbocycles. The van der Waals surface area contributed by atoms with Gasteiger partial charge in [0.15, 0.2) is 5.16 Å². The van der Waals surface area contributed by atoms with Crippen LogP contribution in [0.2, 0.25) is 0 Å². The van der Waals surface area contributed by atoms with E-state index in [0.717, 1.165) is 5.16 Å². The average molecular weight is 293 g/mol. The molecule has 0 saturated heterocycles. The Morgan fingerprint density at radius 2 is 2.15 bits per heavy atom. The molecule has 2 rings (SSSR count). The van der Waals surface area contributed by atoms with Crippen molar-refractivity contribution in [3.05, 3.63) is 42.5 Å². The van der Waals surface area contributed by atoms with Gasteiger partial charge >= 0.3 is 0 Å². The molecule has 6 heteroatoms. The van der Waals surface area contributed by atoms with Crippen LogP contribution in [-0.4, -0.2) is 20.7 Å². The third-order valence-electron chi connectivity index (χ3n) is 2.80. The number of hydrogen-bond acceptors (Lipinski definition) is 3. The largest absolute Gasteiger partial charge is 0.329 e. The highest BCUT2D eigenvalue weighted by molar-refractivity contribution is 8.00. The van der Waals surface area contributed by atoms with E-state index >= 15 is 0 Å². The number of rotatable bonds is 5. The summed E-state index contributed by atoms with van der Waals surface area (Å²) in [5, 5.41) is 3.35. The third-order valence-corrected chi connectivity index (χ3v) is 4.24. The first-order chi connectivity index (χ1) is 9.60. The standard InChI is InChI=1S/C14H16FN3OS/c1-3-12(20-14-16-8-9-18(14)2)13(19)17-11-6-4-10(15)5-7-11/h4-9,12H,3H2,1-2H3,(H,17,19). The van der Waals surface area contributed by atoms with E-state index in [1.807, 2.05) is 24.7 Å². The topological polar surface area (TPSA) is 46.9 Å². The second kappa shape index (κ2) is 6.56. The van der Waals surface area contributed by atoms with Gasteiger partial charge in [0, 0.05) is 25.1 Å². The number of nitrogens with one attached hydrogen (secondary N) is 1. The van der Waals surface area contributed by atoms with E-state index in [9.17, 15) is 9.18 Å². The number of imidazole rings is 1. The maximum Gasteiger partial charge on any atom is 0.237 e. The molecule has 0 spiro atoms. The van der Waals surface area contributed by atoms with Gasteiger partial charge < -0.3 is 9.88 Å². The van der Waals surface area contributed by atoms with Gasteiger partial charge in [0.1, 0.15) is 5.82 Å². The quantitative estimate of drug-likeness (QED) is 0.862. The van der Waals surface area contributed by atoms with Crippen LogP contribution >= 0.6 is 11.8 Å². The van der Waals surface area contributed by atoms with Crippen LogP contribution in [-0.2, 0) is 11.8 Å². The van der Waals surface area contributed by atoms with Gasteiger partial charge in [-0.05, 0) is 30.7 Å². The van der Waals surface area contributed by atoms with Crippen molar-refractivity contribution >= 4 is 23.4 Å². The van der Waals surface area contributed by atoms with Crippen molar-refractivity contribution in [2.75, 3.05) is 5.32 Å². The first-order valence-corrected chi connectivity index (χ1v) is 7.18. The highest BCUT2D eigenvalue weighted by atomic mass is 32.2. The number of nitrogens with zero attached hydrogens (tertiary/aromatic N) is 2. The van der Waals surface area contributed by atoms with Crippen LogP contribution in [0.4, 0.5) is 10.1 Å². The SMILES string of the molecule is CCC(Sc1nccn1C)C(=O)Nc1ccc(F)cc1. The minimum atomic E-state index is -0.322. The summed E-state index contributed by atoms with van der Waals surface area (Å²) < 4.78 is 14.7. The molecule has 0 aliphatic heterocycles. The maximum atomic E-state index is 12.8. The fourth-order valence-corrected chi connectivity index (χ4v) is 2.61. The van der Waals surface area contributed by atoms with Gasteiger partial charge in [-0.2, -0.15) is 0 Å². The molecule has 0 fully saturated rings. The molecule has 1 unspecified atom stereocenters. The van der Waals surface area contributed by atoms with Crippen molar-refractivity contribution in [2.24, 2.45) is 7.05 Å². The van der Waals surface area contributed by atoms with E-state index in [-0.39, 0.29) is 17.0 Å². The molecule has 20 heavy (non-hydrogen) atoms. The number of anilines is 1. The first kappa shape index (κ1) is 14.6. The monoisotopic (exact) mass is 293 g/mol. The predicted octanol–water partition coefficient (Wildman–Crippen LogP) is 3.07. The van der Waals surface area contributed by atoms with E-state index in [0.29, 0.717) is 12.1 Å². The van der Waals surface area contributed by atoms with Gasteiger partial charge in [0.2, 0.25) is 5.91 Å². The Morgan fingerprint density at radius 1 is 1.45 bits per heavy atom. The van der Waals surface area contributed by atoms with Gasteiger partial charge in [-0.25, -0.2) is 9.37 Å². The van der Waals surface area contributed by atoms with Crippen LogP contribution in [0.3, 0.4) is 0 Å². The lowest BCUT2D eigenvalue weighted by Gasteiger charge is -2.14. The molecule has 0 radical (unpaired) electrons. The Bertz CT molecular complexity index is 582. The van der Waals surface area contributed by atoms with E-state index in [1.165, 1.54) is 23.9 Å². The highest BCUT2D eigenvalue weighted by Crippen LogP contribution is 2.24. The van der Waals surface area contributed by atoms with Gasteiger partial charge in [0.05, 0.1) is 5.25 Å². The molecule has 1 heterocycles. The molecule has 106 valence electrons. The number of aromatic nitrogens is 2. The Kier molecular flexibility index (Phi) is 4.79. The number of amides is 1. The molecule has 1 aromatic heterocycles. The minimum absolute atomic E-state index is 0.105. The van der Waals surface area contributed by atoms with Gasteiger partial charge in [0.25, 0.3) is 0 Å². The summed E-state index contributed by atoms with van der Waals surface area (Å²) in [5.41, 5.74) is 0.593. The van der Waals surface area contributed by atoms with Crippen molar-refractivity contribution in [3.8, 4) is 0 Å². The lowest BCUT2D eigenvalue weighted by molar-refractivity contribution is -0.115. The number of thioether (sulfide) groups is 1. The molecule has 0 aliphatic carbocycles. The molecule has 0 aliphatic rings. The summed E-state index contributed by atoms with van der Waals surface area (Å²) in [5.74, 6) is -0.426. The van der Waals surface area contributed by atoms with Gasteiger partial charge in [-0.3, -0.25) is 4.79 Å². The average Bonchev–Trinajstić information content (AvgIpc) is 2.84. The number of benzene rings is 1. The summed E-state index contributed by atoms with van der Waals surface area (Å²) in [7, 11) is 1.89. The predicted molar refractivity (Wildman–Crippen MR) is 78.2 cm³/mol. The van der Waals surface area contributed by atoms with E-state index in [4.69, 9.17) is 0 Å². The molecule has 1 N–H and O–H groups in total. The number of halogens is 1.